The Bertz CT molecular complexity index is 409. The highest BCUT2D eigenvalue weighted by molar-refractivity contribution is 7.71. The van der Waals surface area contributed by atoms with Gasteiger partial charge in [-0.05, 0) is 30.9 Å². The summed E-state index contributed by atoms with van der Waals surface area (Å²) in [6.07, 6.45) is 8.77. The fraction of sp³-hybridized carbons (Fsp3) is 0.300. The van der Waals surface area contributed by atoms with E-state index in [1.807, 2.05) is 6.07 Å². The number of aryl methyl sites for hydroxylation is 2. The van der Waals surface area contributed by atoms with Gasteiger partial charge in [0.2, 0.25) is 0 Å². The molecule has 1 aromatic rings. The topological polar surface area (TPSA) is 15.8 Å². The van der Waals surface area contributed by atoms with Crippen molar-refractivity contribution in [1.82, 2.24) is 4.98 Å². The zero-order valence-electron chi connectivity index (χ0n) is 6.68. The molecule has 0 radical (unpaired) electrons. The SMILES string of the molecule is C#Cc1cc2c([nH]c1=S)CCC2. The normalized spacial score (nSPS) is 13.9. The Kier molecular flexibility index (Phi) is 1.74. The Morgan fingerprint density at radius 1 is 1.50 bits per heavy atom. The van der Waals surface area contributed by atoms with Crippen LogP contribution in [0.25, 0.3) is 0 Å². The number of rotatable bonds is 0. The second-order valence-corrected chi connectivity index (χ2v) is 3.42. The van der Waals surface area contributed by atoms with Crippen molar-refractivity contribution in [2.75, 3.05) is 0 Å². The summed E-state index contributed by atoms with van der Waals surface area (Å²) in [7, 11) is 0. The third kappa shape index (κ3) is 1.07. The number of terminal acetylenes is 1. The maximum atomic E-state index is 5.31. The lowest BCUT2D eigenvalue weighted by atomic mass is 10.2. The highest BCUT2D eigenvalue weighted by Crippen LogP contribution is 2.20. The standard InChI is InChI=1S/C10H9NS/c1-2-7-6-8-4-3-5-9(8)11-10(7)12/h1,6H,3-5H2,(H,11,12). The third-order valence-electron chi connectivity index (χ3n) is 2.24. The summed E-state index contributed by atoms with van der Waals surface area (Å²) in [4.78, 5) is 3.18. The molecule has 0 amide bonds. The molecule has 1 nitrogen and oxygen atoms in total. The summed E-state index contributed by atoms with van der Waals surface area (Å²) in [5.74, 6) is 2.59. The van der Waals surface area contributed by atoms with Crippen LogP contribution in [0.5, 0.6) is 0 Å². The van der Waals surface area contributed by atoms with Crippen molar-refractivity contribution in [3.8, 4) is 12.3 Å². The van der Waals surface area contributed by atoms with Crippen LogP contribution >= 0.6 is 12.2 Å². The highest BCUT2D eigenvalue weighted by atomic mass is 32.1. The molecule has 0 saturated carbocycles. The molecule has 1 heterocycles. The minimum Gasteiger partial charge on any atom is -0.349 e. The van der Waals surface area contributed by atoms with Gasteiger partial charge in [0.25, 0.3) is 0 Å². The Morgan fingerprint density at radius 3 is 3.08 bits per heavy atom. The van der Waals surface area contributed by atoms with Gasteiger partial charge in [0.1, 0.15) is 4.64 Å². The van der Waals surface area contributed by atoms with Gasteiger partial charge in [-0.2, -0.15) is 0 Å². The number of hydrogen-bond acceptors (Lipinski definition) is 1. The molecule has 1 aromatic heterocycles. The molecule has 0 atom stereocenters. The van der Waals surface area contributed by atoms with Crippen LogP contribution in [0, 0.1) is 17.0 Å². The lowest BCUT2D eigenvalue weighted by Gasteiger charge is -1.99. The first kappa shape index (κ1) is 7.57. The lowest BCUT2D eigenvalue weighted by Crippen LogP contribution is -1.91. The average molecular weight is 175 g/mol. The van der Waals surface area contributed by atoms with E-state index in [1.165, 1.54) is 17.7 Å². The van der Waals surface area contributed by atoms with Gasteiger partial charge in [-0.3, -0.25) is 0 Å². The zero-order valence-corrected chi connectivity index (χ0v) is 7.50. The van der Waals surface area contributed by atoms with E-state index in [9.17, 15) is 0 Å². The van der Waals surface area contributed by atoms with Gasteiger partial charge in [-0.25, -0.2) is 0 Å². The molecule has 2 heteroatoms. The fourth-order valence-electron chi connectivity index (χ4n) is 1.62. The van der Waals surface area contributed by atoms with Crippen LogP contribution < -0.4 is 0 Å². The van der Waals surface area contributed by atoms with Crippen LogP contribution in [-0.2, 0) is 12.8 Å². The predicted octanol–water partition coefficient (Wildman–Crippen LogP) is 2.21. The molecule has 0 spiro atoms. The van der Waals surface area contributed by atoms with Crippen molar-refractivity contribution in [3.63, 3.8) is 0 Å². The molecule has 0 aromatic carbocycles. The first-order valence-corrected chi connectivity index (χ1v) is 4.44. The molecule has 1 aliphatic rings. The van der Waals surface area contributed by atoms with E-state index in [0.717, 1.165) is 18.4 Å². The molecule has 0 unspecified atom stereocenters. The van der Waals surface area contributed by atoms with Gasteiger partial charge < -0.3 is 4.98 Å². The van der Waals surface area contributed by atoms with Crippen LogP contribution in [0.2, 0.25) is 0 Å². The number of fused-ring (bicyclic) bond motifs is 1. The second-order valence-electron chi connectivity index (χ2n) is 3.01. The molecule has 0 aliphatic heterocycles. The van der Waals surface area contributed by atoms with Gasteiger partial charge in [0.05, 0.1) is 5.56 Å². The smallest absolute Gasteiger partial charge is 0.119 e. The third-order valence-corrected chi connectivity index (χ3v) is 2.57. The van der Waals surface area contributed by atoms with E-state index >= 15 is 0 Å². The van der Waals surface area contributed by atoms with E-state index in [4.69, 9.17) is 18.6 Å². The second kappa shape index (κ2) is 2.76. The minimum atomic E-state index is 0.707. The highest BCUT2D eigenvalue weighted by Gasteiger charge is 2.11. The van der Waals surface area contributed by atoms with Gasteiger partial charge >= 0.3 is 0 Å². The number of pyridine rings is 1. The summed E-state index contributed by atoms with van der Waals surface area (Å²) in [5, 5.41) is 0. The molecule has 0 bridgehead atoms. The Labute approximate surface area is 76.8 Å². The van der Waals surface area contributed by atoms with Crippen LogP contribution in [0.1, 0.15) is 23.2 Å². The van der Waals surface area contributed by atoms with Crippen LogP contribution in [0.3, 0.4) is 0 Å². The van der Waals surface area contributed by atoms with Gasteiger partial charge in [-0.15, -0.1) is 6.42 Å². The fourth-order valence-corrected chi connectivity index (χ4v) is 1.86. The number of aromatic nitrogens is 1. The number of H-pyrrole nitrogens is 1. The van der Waals surface area contributed by atoms with E-state index in [1.54, 1.807) is 0 Å². The predicted molar refractivity (Wildman–Crippen MR) is 51.6 cm³/mol. The minimum absolute atomic E-state index is 0.707. The molecule has 0 fully saturated rings. The molecule has 1 N–H and O–H groups in total. The van der Waals surface area contributed by atoms with E-state index in [-0.39, 0.29) is 0 Å². The maximum absolute atomic E-state index is 5.31. The molecule has 0 saturated heterocycles. The van der Waals surface area contributed by atoms with Crippen molar-refractivity contribution in [2.45, 2.75) is 19.3 Å². The largest absolute Gasteiger partial charge is 0.349 e. The van der Waals surface area contributed by atoms with Crippen molar-refractivity contribution >= 4 is 12.2 Å². The molecule has 12 heavy (non-hydrogen) atoms. The Balaban J connectivity index is 2.67. The maximum Gasteiger partial charge on any atom is 0.119 e. The first-order valence-electron chi connectivity index (χ1n) is 4.03. The van der Waals surface area contributed by atoms with E-state index in [2.05, 4.69) is 10.9 Å². The summed E-state index contributed by atoms with van der Waals surface area (Å²) in [5.41, 5.74) is 3.45. The van der Waals surface area contributed by atoms with Crippen molar-refractivity contribution in [1.29, 1.82) is 0 Å². The van der Waals surface area contributed by atoms with Crippen LogP contribution in [0.15, 0.2) is 6.07 Å². The van der Waals surface area contributed by atoms with Crippen LogP contribution in [-0.4, -0.2) is 4.98 Å². The van der Waals surface area contributed by atoms with E-state index in [0.29, 0.717) is 4.64 Å². The quantitative estimate of drug-likeness (QED) is 0.472. The van der Waals surface area contributed by atoms with Gasteiger partial charge in [0.15, 0.2) is 0 Å². The van der Waals surface area contributed by atoms with E-state index < -0.39 is 0 Å². The lowest BCUT2D eigenvalue weighted by molar-refractivity contribution is 0.898. The van der Waals surface area contributed by atoms with Gasteiger partial charge in [-0.1, -0.05) is 18.1 Å². The number of nitrogens with one attached hydrogen (secondary N) is 1. The molecular weight excluding hydrogens is 166 g/mol. The van der Waals surface area contributed by atoms with Crippen molar-refractivity contribution < 1.29 is 0 Å². The molecular formula is C10H9NS. The van der Waals surface area contributed by atoms with Crippen molar-refractivity contribution in [3.05, 3.63) is 27.5 Å². The summed E-state index contributed by atoms with van der Waals surface area (Å²) in [6.45, 7) is 0. The summed E-state index contributed by atoms with van der Waals surface area (Å²) in [6, 6.07) is 2.04. The summed E-state index contributed by atoms with van der Waals surface area (Å²) >= 11 is 5.09. The molecule has 60 valence electrons. The first-order chi connectivity index (χ1) is 5.81. The van der Waals surface area contributed by atoms with Crippen LogP contribution in [0.4, 0.5) is 0 Å². The van der Waals surface area contributed by atoms with Gasteiger partial charge in [0, 0.05) is 5.69 Å². The summed E-state index contributed by atoms with van der Waals surface area (Å²) < 4.78 is 0.707. The van der Waals surface area contributed by atoms with Crippen molar-refractivity contribution in [2.24, 2.45) is 0 Å². The monoisotopic (exact) mass is 175 g/mol. The molecule has 2 rings (SSSR count). The Hall–Kier alpha value is -1.07. The number of hydrogen-bond donors (Lipinski definition) is 1. The number of aromatic amines is 1. The zero-order chi connectivity index (χ0) is 8.55. The average Bonchev–Trinajstić information content (AvgIpc) is 2.49. The Morgan fingerprint density at radius 2 is 2.33 bits per heavy atom. The molecule has 1 aliphatic carbocycles.